The highest BCUT2D eigenvalue weighted by molar-refractivity contribution is 6.03. The standard InChI is InChI=1S/C22H27N7O2/c1-4-17-5-7-19(8-6-17)31-13-20(30)28-21(24-10-9-18-12-23-14-25-18)29-22-26-15(2)11-16(3)27-22/h5-8,11-12,14H,4,9-10,13H2,1-3H3,(H,23,25)(H2,24,26,27,28,29,30). The lowest BCUT2D eigenvalue weighted by Gasteiger charge is -2.12. The Morgan fingerprint density at radius 1 is 1.16 bits per heavy atom. The number of guanidine groups is 1. The minimum Gasteiger partial charge on any atom is -0.484 e. The van der Waals surface area contributed by atoms with Gasteiger partial charge in [0, 0.05) is 36.2 Å². The first kappa shape index (κ1) is 21.9. The van der Waals surface area contributed by atoms with E-state index in [4.69, 9.17) is 4.74 Å². The fourth-order valence-corrected chi connectivity index (χ4v) is 2.85. The first-order valence-electron chi connectivity index (χ1n) is 10.1. The number of carbonyl (C=O) groups is 1. The number of aromatic nitrogens is 4. The second-order valence-corrected chi connectivity index (χ2v) is 6.99. The smallest absolute Gasteiger partial charge is 0.264 e. The van der Waals surface area contributed by atoms with Crippen molar-refractivity contribution in [2.24, 2.45) is 4.99 Å². The van der Waals surface area contributed by atoms with Crippen LogP contribution < -0.4 is 15.4 Å². The van der Waals surface area contributed by atoms with Crippen molar-refractivity contribution in [1.29, 1.82) is 0 Å². The summed E-state index contributed by atoms with van der Waals surface area (Å²) in [6, 6.07) is 9.54. The summed E-state index contributed by atoms with van der Waals surface area (Å²) in [6.07, 6.45) is 4.96. The van der Waals surface area contributed by atoms with Gasteiger partial charge in [-0.3, -0.25) is 20.4 Å². The first-order valence-corrected chi connectivity index (χ1v) is 10.1. The van der Waals surface area contributed by atoms with Gasteiger partial charge in [0.2, 0.25) is 11.9 Å². The lowest BCUT2D eigenvalue weighted by Crippen LogP contribution is -2.39. The molecule has 0 fully saturated rings. The number of amides is 1. The van der Waals surface area contributed by atoms with Crippen molar-refractivity contribution >= 4 is 17.8 Å². The monoisotopic (exact) mass is 421 g/mol. The maximum absolute atomic E-state index is 12.5. The summed E-state index contributed by atoms with van der Waals surface area (Å²) in [4.78, 5) is 32.6. The molecule has 9 nitrogen and oxygen atoms in total. The van der Waals surface area contributed by atoms with Gasteiger partial charge in [0.05, 0.1) is 6.33 Å². The Balaban J connectivity index is 1.63. The Hall–Kier alpha value is -3.75. The number of carbonyl (C=O) groups excluding carboxylic acids is 1. The number of imidazole rings is 1. The van der Waals surface area contributed by atoms with Gasteiger partial charge in [0.25, 0.3) is 5.91 Å². The summed E-state index contributed by atoms with van der Waals surface area (Å²) in [7, 11) is 0. The normalized spacial score (nSPS) is 11.3. The Labute approximate surface area is 181 Å². The third kappa shape index (κ3) is 7.22. The predicted octanol–water partition coefficient (Wildman–Crippen LogP) is 2.58. The summed E-state index contributed by atoms with van der Waals surface area (Å²) in [5.74, 6) is 0.932. The second kappa shape index (κ2) is 10.9. The molecule has 3 N–H and O–H groups in total. The zero-order valence-electron chi connectivity index (χ0n) is 18.0. The number of H-pyrrole nitrogens is 1. The summed E-state index contributed by atoms with van der Waals surface area (Å²) >= 11 is 0. The molecule has 9 heteroatoms. The predicted molar refractivity (Wildman–Crippen MR) is 119 cm³/mol. The topological polar surface area (TPSA) is 117 Å². The van der Waals surface area contributed by atoms with E-state index in [9.17, 15) is 4.79 Å². The first-order chi connectivity index (χ1) is 15.0. The number of aryl methyl sites for hydroxylation is 3. The van der Waals surface area contributed by atoms with Crippen LogP contribution in [0.5, 0.6) is 5.75 Å². The minimum absolute atomic E-state index is 0.138. The molecule has 0 aliphatic rings. The molecular formula is C22H27N7O2. The average Bonchev–Trinajstić information content (AvgIpc) is 3.25. The molecule has 3 rings (SSSR count). The summed E-state index contributed by atoms with van der Waals surface area (Å²) < 4.78 is 5.58. The van der Waals surface area contributed by atoms with Crippen molar-refractivity contribution in [3.63, 3.8) is 0 Å². The van der Waals surface area contributed by atoms with E-state index in [0.29, 0.717) is 24.7 Å². The van der Waals surface area contributed by atoms with Crippen LogP contribution in [-0.4, -0.2) is 45.0 Å². The molecule has 2 aromatic heterocycles. The number of nitrogens with one attached hydrogen (secondary N) is 3. The van der Waals surface area contributed by atoms with Crippen molar-refractivity contribution in [3.8, 4) is 5.75 Å². The highest BCUT2D eigenvalue weighted by Crippen LogP contribution is 2.12. The Morgan fingerprint density at radius 2 is 1.90 bits per heavy atom. The molecule has 0 atom stereocenters. The van der Waals surface area contributed by atoms with E-state index in [1.165, 1.54) is 5.56 Å². The van der Waals surface area contributed by atoms with Crippen molar-refractivity contribution in [2.45, 2.75) is 33.6 Å². The molecule has 31 heavy (non-hydrogen) atoms. The number of anilines is 1. The maximum atomic E-state index is 12.5. The highest BCUT2D eigenvalue weighted by Gasteiger charge is 2.10. The molecule has 3 aromatic rings. The van der Waals surface area contributed by atoms with Crippen LogP contribution in [0.1, 0.15) is 29.6 Å². The van der Waals surface area contributed by atoms with Crippen LogP contribution in [0.4, 0.5) is 5.95 Å². The second-order valence-electron chi connectivity index (χ2n) is 6.99. The number of rotatable bonds is 8. The van der Waals surface area contributed by atoms with Gasteiger partial charge >= 0.3 is 0 Å². The third-order valence-electron chi connectivity index (χ3n) is 4.38. The molecule has 0 aliphatic carbocycles. The lowest BCUT2D eigenvalue weighted by molar-refractivity contribution is -0.121. The van der Waals surface area contributed by atoms with E-state index in [1.807, 2.05) is 44.2 Å². The van der Waals surface area contributed by atoms with Crippen molar-refractivity contribution < 1.29 is 9.53 Å². The van der Waals surface area contributed by atoms with Crippen molar-refractivity contribution in [1.82, 2.24) is 25.3 Å². The molecule has 162 valence electrons. The summed E-state index contributed by atoms with van der Waals surface area (Å²) in [5.41, 5.74) is 3.80. The molecule has 0 saturated heterocycles. The number of ether oxygens (including phenoxy) is 1. The lowest BCUT2D eigenvalue weighted by atomic mass is 10.2. The van der Waals surface area contributed by atoms with Crippen LogP contribution in [0.2, 0.25) is 0 Å². The molecule has 0 aliphatic heterocycles. The minimum atomic E-state index is -0.336. The van der Waals surface area contributed by atoms with Gasteiger partial charge in [-0.2, -0.15) is 0 Å². The molecule has 0 spiro atoms. The molecule has 0 radical (unpaired) electrons. The van der Waals surface area contributed by atoms with E-state index in [1.54, 1.807) is 12.5 Å². The van der Waals surface area contributed by atoms with Gasteiger partial charge < -0.3 is 9.72 Å². The van der Waals surface area contributed by atoms with Crippen LogP contribution >= 0.6 is 0 Å². The van der Waals surface area contributed by atoms with Crippen LogP contribution in [0, 0.1) is 13.8 Å². The molecule has 1 amide bonds. The van der Waals surface area contributed by atoms with Crippen LogP contribution in [0.15, 0.2) is 47.8 Å². The summed E-state index contributed by atoms with van der Waals surface area (Å²) in [5, 5.41) is 5.75. The fourth-order valence-electron chi connectivity index (χ4n) is 2.85. The third-order valence-corrected chi connectivity index (χ3v) is 4.38. The van der Waals surface area contributed by atoms with Crippen LogP contribution in [-0.2, 0) is 17.6 Å². The van der Waals surface area contributed by atoms with E-state index in [2.05, 4.69) is 42.5 Å². The number of aliphatic imine (C=N–C) groups is 1. The van der Waals surface area contributed by atoms with Gasteiger partial charge in [-0.25, -0.2) is 15.0 Å². The van der Waals surface area contributed by atoms with Gasteiger partial charge in [-0.15, -0.1) is 0 Å². The van der Waals surface area contributed by atoms with E-state index in [-0.39, 0.29) is 18.5 Å². The fraction of sp³-hybridized carbons (Fsp3) is 0.318. The molecule has 1 aromatic carbocycles. The molecule has 2 heterocycles. The Bertz CT molecular complexity index is 995. The molecule has 0 bridgehead atoms. The van der Waals surface area contributed by atoms with E-state index < -0.39 is 0 Å². The van der Waals surface area contributed by atoms with Crippen LogP contribution in [0.3, 0.4) is 0 Å². The van der Waals surface area contributed by atoms with Gasteiger partial charge in [-0.1, -0.05) is 19.1 Å². The SMILES string of the molecule is CCc1ccc(OCC(=O)NC(=NCCc2cnc[nH]2)Nc2nc(C)cc(C)n2)cc1. The van der Waals surface area contributed by atoms with Crippen molar-refractivity contribution in [3.05, 3.63) is 65.5 Å². The van der Waals surface area contributed by atoms with Crippen molar-refractivity contribution in [2.75, 3.05) is 18.5 Å². The molecule has 0 saturated carbocycles. The number of aromatic amines is 1. The molecular weight excluding hydrogens is 394 g/mol. The van der Waals surface area contributed by atoms with Gasteiger partial charge in [-0.05, 0) is 44.0 Å². The quantitative estimate of drug-likeness (QED) is 0.380. The van der Waals surface area contributed by atoms with E-state index in [0.717, 1.165) is 23.5 Å². The molecule has 0 unspecified atom stereocenters. The maximum Gasteiger partial charge on any atom is 0.264 e. The number of nitrogens with zero attached hydrogens (tertiary/aromatic N) is 4. The number of hydrogen-bond donors (Lipinski definition) is 3. The Kier molecular flexibility index (Phi) is 7.69. The number of benzene rings is 1. The van der Waals surface area contributed by atoms with Gasteiger partial charge in [0.15, 0.2) is 6.61 Å². The number of hydrogen-bond acceptors (Lipinski definition) is 6. The largest absolute Gasteiger partial charge is 0.484 e. The van der Waals surface area contributed by atoms with E-state index >= 15 is 0 Å². The zero-order chi connectivity index (χ0) is 22.1. The van der Waals surface area contributed by atoms with Crippen LogP contribution in [0.25, 0.3) is 0 Å². The zero-order valence-corrected chi connectivity index (χ0v) is 18.0. The summed E-state index contributed by atoms with van der Waals surface area (Å²) in [6.45, 7) is 6.15. The average molecular weight is 422 g/mol. The Morgan fingerprint density at radius 3 is 2.55 bits per heavy atom. The van der Waals surface area contributed by atoms with Gasteiger partial charge in [0.1, 0.15) is 5.75 Å². The highest BCUT2D eigenvalue weighted by atomic mass is 16.5.